The summed E-state index contributed by atoms with van der Waals surface area (Å²) in [5.41, 5.74) is 5.93. The molecule has 1 aromatic carbocycles. The Morgan fingerprint density at radius 1 is 1.27 bits per heavy atom. The van der Waals surface area contributed by atoms with E-state index in [0.717, 1.165) is 12.8 Å². The highest BCUT2D eigenvalue weighted by Crippen LogP contribution is 2.39. The fourth-order valence-electron chi connectivity index (χ4n) is 3.81. The minimum Gasteiger partial charge on any atom is -0.508 e. The molecule has 2 N–H and O–H groups in total. The summed E-state index contributed by atoms with van der Waals surface area (Å²) in [7, 11) is 0. The van der Waals surface area contributed by atoms with Crippen LogP contribution in [-0.2, 0) is 0 Å². The molecule has 0 saturated heterocycles. The van der Waals surface area contributed by atoms with E-state index in [2.05, 4.69) is 31.3 Å². The monoisotopic (exact) mass is 297 g/mol. The molecule has 22 heavy (non-hydrogen) atoms. The Labute approximate surface area is 133 Å². The summed E-state index contributed by atoms with van der Waals surface area (Å²) in [5, 5.41) is 13.6. The Bertz CT molecular complexity index is 595. The van der Waals surface area contributed by atoms with E-state index in [1.807, 2.05) is 12.1 Å². The van der Waals surface area contributed by atoms with Gasteiger partial charge in [0.1, 0.15) is 5.75 Å². The summed E-state index contributed by atoms with van der Waals surface area (Å²) in [4.78, 5) is 0. The molecule has 0 saturated carbocycles. The van der Waals surface area contributed by atoms with Gasteiger partial charge in [0.25, 0.3) is 0 Å². The fourth-order valence-corrected chi connectivity index (χ4v) is 3.81. The van der Waals surface area contributed by atoms with E-state index in [-0.39, 0.29) is 0 Å². The molecule has 1 aliphatic carbocycles. The molecule has 3 rings (SSSR count). The molecule has 0 amide bonds. The van der Waals surface area contributed by atoms with Crippen LogP contribution in [0.4, 0.5) is 0 Å². The summed E-state index contributed by atoms with van der Waals surface area (Å²) in [6.07, 6.45) is 9.72. The van der Waals surface area contributed by atoms with E-state index >= 15 is 0 Å². The van der Waals surface area contributed by atoms with Crippen molar-refractivity contribution in [3.05, 3.63) is 52.6 Å². The van der Waals surface area contributed by atoms with Crippen LogP contribution in [-0.4, -0.2) is 11.1 Å². The standard InChI is InChI=1S/C20H27NO/c1-14(2)10-11-19-18-9-4-3-6-15(18)13-20(21-19)16-7-5-8-17(22)12-16/h5,7-8,10,12,19-22H,3-4,6,9,11,13H2,1-2H3/t19?,20-/m0/s1. The van der Waals surface area contributed by atoms with E-state index < -0.39 is 0 Å². The van der Waals surface area contributed by atoms with E-state index in [1.165, 1.54) is 36.8 Å². The van der Waals surface area contributed by atoms with Gasteiger partial charge in [0.15, 0.2) is 0 Å². The summed E-state index contributed by atoms with van der Waals surface area (Å²) in [6, 6.07) is 8.53. The van der Waals surface area contributed by atoms with Crippen LogP contribution >= 0.6 is 0 Å². The largest absolute Gasteiger partial charge is 0.508 e. The lowest BCUT2D eigenvalue weighted by Crippen LogP contribution is -2.39. The molecule has 1 aromatic rings. The lowest BCUT2D eigenvalue weighted by Gasteiger charge is -2.38. The van der Waals surface area contributed by atoms with Crippen molar-refractivity contribution >= 4 is 0 Å². The fraction of sp³-hybridized carbons (Fsp3) is 0.500. The molecule has 0 radical (unpaired) electrons. The Hall–Kier alpha value is -1.54. The first kappa shape index (κ1) is 15.4. The van der Waals surface area contributed by atoms with Crippen molar-refractivity contribution in [2.24, 2.45) is 0 Å². The van der Waals surface area contributed by atoms with Gasteiger partial charge < -0.3 is 10.4 Å². The number of rotatable bonds is 3. The number of phenolic OH excluding ortho intramolecular Hbond substituents is 1. The molecular weight excluding hydrogens is 270 g/mol. The van der Waals surface area contributed by atoms with Gasteiger partial charge in [-0.1, -0.05) is 34.9 Å². The Balaban J connectivity index is 1.86. The number of allylic oxidation sites excluding steroid dienone is 1. The van der Waals surface area contributed by atoms with Crippen LogP contribution in [0.3, 0.4) is 0 Å². The van der Waals surface area contributed by atoms with Gasteiger partial charge in [0, 0.05) is 12.1 Å². The first-order valence-electron chi connectivity index (χ1n) is 8.52. The van der Waals surface area contributed by atoms with Gasteiger partial charge in [0.2, 0.25) is 0 Å². The molecule has 2 nitrogen and oxygen atoms in total. The number of benzene rings is 1. The van der Waals surface area contributed by atoms with Crippen molar-refractivity contribution in [1.29, 1.82) is 0 Å². The number of phenols is 1. The van der Waals surface area contributed by atoms with Gasteiger partial charge >= 0.3 is 0 Å². The second-order valence-electron chi connectivity index (χ2n) is 6.92. The Kier molecular flexibility index (Phi) is 4.68. The average Bonchev–Trinajstić information content (AvgIpc) is 2.52. The normalized spacial score (nSPS) is 24.8. The van der Waals surface area contributed by atoms with Crippen molar-refractivity contribution < 1.29 is 5.11 Å². The van der Waals surface area contributed by atoms with Crippen molar-refractivity contribution in [3.8, 4) is 5.75 Å². The van der Waals surface area contributed by atoms with E-state index in [4.69, 9.17) is 0 Å². The molecule has 0 fully saturated rings. The van der Waals surface area contributed by atoms with Gasteiger partial charge in [-0.3, -0.25) is 0 Å². The van der Waals surface area contributed by atoms with Gasteiger partial charge in [-0.15, -0.1) is 0 Å². The quantitative estimate of drug-likeness (QED) is 0.768. The zero-order valence-corrected chi connectivity index (χ0v) is 13.7. The molecule has 2 atom stereocenters. The maximum atomic E-state index is 9.77. The maximum absolute atomic E-state index is 9.77. The minimum atomic E-state index is 0.333. The second kappa shape index (κ2) is 6.70. The van der Waals surface area contributed by atoms with Crippen LogP contribution in [0.2, 0.25) is 0 Å². The molecule has 0 aromatic heterocycles. The molecule has 2 heteroatoms. The third kappa shape index (κ3) is 3.44. The van der Waals surface area contributed by atoms with Crippen molar-refractivity contribution in [2.45, 2.75) is 64.5 Å². The van der Waals surface area contributed by atoms with Crippen molar-refractivity contribution in [1.82, 2.24) is 5.32 Å². The topological polar surface area (TPSA) is 32.3 Å². The molecule has 1 aliphatic heterocycles. The van der Waals surface area contributed by atoms with Crippen LogP contribution in [0.5, 0.6) is 5.75 Å². The molecule has 0 spiro atoms. The number of aromatic hydroxyl groups is 1. The van der Waals surface area contributed by atoms with Gasteiger partial charge in [-0.05, 0) is 70.1 Å². The van der Waals surface area contributed by atoms with Crippen LogP contribution in [0, 0.1) is 0 Å². The average molecular weight is 297 g/mol. The van der Waals surface area contributed by atoms with E-state index in [9.17, 15) is 5.11 Å². The smallest absolute Gasteiger partial charge is 0.115 e. The van der Waals surface area contributed by atoms with Crippen molar-refractivity contribution in [3.63, 3.8) is 0 Å². The number of nitrogens with one attached hydrogen (secondary N) is 1. The molecule has 1 unspecified atom stereocenters. The van der Waals surface area contributed by atoms with E-state index in [0.29, 0.717) is 17.8 Å². The predicted molar refractivity (Wildman–Crippen MR) is 91.9 cm³/mol. The Morgan fingerprint density at radius 3 is 2.86 bits per heavy atom. The first-order valence-corrected chi connectivity index (χ1v) is 8.52. The Morgan fingerprint density at radius 2 is 2.09 bits per heavy atom. The number of hydrogen-bond donors (Lipinski definition) is 2. The summed E-state index contributed by atoms with van der Waals surface area (Å²) >= 11 is 0. The van der Waals surface area contributed by atoms with Gasteiger partial charge in [-0.25, -0.2) is 0 Å². The third-order valence-corrected chi connectivity index (χ3v) is 4.94. The summed E-state index contributed by atoms with van der Waals surface area (Å²) < 4.78 is 0. The molecule has 2 aliphatic rings. The zero-order chi connectivity index (χ0) is 15.5. The lowest BCUT2D eigenvalue weighted by atomic mass is 9.78. The number of hydrogen-bond acceptors (Lipinski definition) is 2. The van der Waals surface area contributed by atoms with Crippen LogP contribution < -0.4 is 5.32 Å². The third-order valence-electron chi connectivity index (χ3n) is 4.94. The highest BCUT2D eigenvalue weighted by molar-refractivity contribution is 5.35. The second-order valence-corrected chi connectivity index (χ2v) is 6.92. The van der Waals surface area contributed by atoms with Crippen molar-refractivity contribution in [2.75, 3.05) is 0 Å². The van der Waals surface area contributed by atoms with Crippen LogP contribution in [0.1, 0.15) is 64.0 Å². The summed E-state index contributed by atoms with van der Waals surface area (Å²) in [5.74, 6) is 0.364. The molecular formula is C20H27NO. The highest BCUT2D eigenvalue weighted by atomic mass is 16.3. The SMILES string of the molecule is CC(C)=CCC1N[C@H](c2cccc(O)c2)CC2=C1CCCC2. The van der Waals surface area contributed by atoms with Crippen LogP contribution in [0.15, 0.2) is 47.1 Å². The molecule has 1 heterocycles. The lowest BCUT2D eigenvalue weighted by molar-refractivity contribution is 0.399. The molecule has 0 bridgehead atoms. The first-order chi connectivity index (χ1) is 10.6. The van der Waals surface area contributed by atoms with Gasteiger partial charge in [0.05, 0.1) is 0 Å². The maximum Gasteiger partial charge on any atom is 0.115 e. The van der Waals surface area contributed by atoms with Crippen LogP contribution in [0.25, 0.3) is 0 Å². The minimum absolute atomic E-state index is 0.333. The van der Waals surface area contributed by atoms with Gasteiger partial charge in [-0.2, -0.15) is 0 Å². The summed E-state index contributed by atoms with van der Waals surface area (Å²) in [6.45, 7) is 4.34. The molecule has 118 valence electrons. The predicted octanol–water partition coefficient (Wildman–Crippen LogP) is 5.02. The highest BCUT2D eigenvalue weighted by Gasteiger charge is 2.29. The zero-order valence-electron chi connectivity index (χ0n) is 13.7. The van der Waals surface area contributed by atoms with E-state index in [1.54, 1.807) is 17.2 Å².